The lowest BCUT2D eigenvalue weighted by molar-refractivity contribution is 0.0600. The molecular formula is C19H21NO3. The summed E-state index contributed by atoms with van der Waals surface area (Å²) >= 11 is 0. The van der Waals surface area contributed by atoms with Crippen LogP contribution in [0.1, 0.15) is 33.1 Å². The molecule has 0 radical (unpaired) electrons. The number of nitrogens with zero attached hydrogens (tertiary/aromatic N) is 1. The highest BCUT2D eigenvalue weighted by Crippen LogP contribution is 2.31. The number of hydrogen-bond acceptors (Lipinski definition) is 4. The Bertz CT molecular complexity index is 709. The van der Waals surface area contributed by atoms with E-state index in [1.54, 1.807) is 12.1 Å². The lowest BCUT2D eigenvalue weighted by atomic mass is 10.0. The minimum Gasteiger partial charge on any atom is -0.491 e. The fourth-order valence-electron chi connectivity index (χ4n) is 2.88. The zero-order chi connectivity index (χ0) is 16.4. The maximum atomic E-state index is 11.7. The summed E-state index contributed by atoms with van der Waals surface area (Å²) in [5.74, 6) is 0.415. The van der Waals surface area contributed by atoms with Gasteiger partial charge in [-0.2, -0.15) is 0 Å². The first kappa shape index (κ1) is 15.6. The van der Waals surface area contributed by atoms with E-state index in [-0.39, 0.29) is 12.0 Å². The number of esters is 1. The topological polar surface area (TPSA) is 38.8 Å². The summed E-state index contributed by atoms with van der Waals surface area (Å²) in [6.07, 6.45) is 0. The Morgan fingerprint density at radius 2 is 1.96 bits per heavy atom. The molecule has 0 spiro atoms. The highest BCUT2D eigenvalue weighted by atomic mass is 16.5. The van der Waals surface area contributed by atoms with E-state index in [9.17, 15) is 4.79 Å². The zero-order valence-electron chi connectivity index (χ0n) is 13.7. The smallest absolute Gasteiger partial charge is 0.337 e. The quantitative estimate of drug-likeness (QED) is 0.797. The standard InChI is InChI=1S/C19H21NO3/c1-13-4-6-14(7-5-13)17-12-23-18-10-15(19(21)22-3)8-9-16(18)11-20(17)2/h4-10,17H,11-12H2,1-3H3/t17-/m1/s1. The molecule has 0 N–H and O–H groups in total. The van der Waals surface area contributed by atoms with E-state index in [0.29, 0.717) is 12.2 Å². The van der Waals surface area contributed by atoms with Gasteiger partial charge < -0.3 is 9.47 Å². The Hall–Kier alpha value is -2.33. The lowest BCUT2D eigenvalue weighted by Gasteiger charge is -2.25. The van der Waals surface area contributed by atoms with Crippen molar-refractivity contribution in [1.29, 1.82) is 0 Å². The molecule has 0 aromatic heterocycles. The van der Waals surface area contributed by atoms with Crippen LogP contribution in [0.5, 0.6) is 5.75 Å². The molecule has 1 aliphatic heterocycles. The number of likely N-dealkylation sites (N-methyl/N-ethyl adjacent to an activating group) is 1. The Kier molecular flexibility index (Phi) is 4.35. The minimum absolute atomic E-state index is 0.185. The second kappa shape index (κ2) is 6.42. The van der Waals surface area contributed by atoms with Crippen LogP contribution in [0.2, 0.25) is 0 Å². The van der Waals surface area contributed by atoms with Gasteiger partial charge in [0.05, 0.1) is 18.7 Å². The van der Waals surface area contributed by atoms with Crippen LogP contribution in [0.25, 0.3) is 0 Å². The molecule has 4 heteroatoms. The van der Waals surface area contributed by atoms with Gasteiger partial charge in [0.25, 0.3) is 0 Å². The first-order chi connectivity index (χ1) is 11.1. The summed E-state index contributed by atoms with van der Waals surface area (Å²) in [5, 5.41) is 0. The average Bonchev–Trinajstić information content (AvgIpc) is 2.72. The predicted octanol–water partition coefficient (Wildman–Crippen LogP) is 3.35. The molecule has 4 nitrogen and oxygen atoms in total. The molecule has 120 valence electrons. The maximum Gasteiger partial charge on any atom is 0.337 e. The fraction of sp³-hybridized carbons (Fsp3) is 0.316. The van der Waals surface area contributed by atoms with Gasteiger partial charge in [-0.3, -0.25) is 4.90 Å². The van der Waals surface area contributed by atoms with Crippen molar-refractivity contribution in [2.75, 3.05) is 20.8 Å². The van der Waals surface area contributed by atoms with Crippen LogP contribution in [0.4, 0.5) is 0 Å². The van der Waals surface area contributed by atoms with Crippen LogP contribution in [-0.4, -0.2) is 31.6 Å². The van der Waals surface area contributed by atoms with Crippen LogP contribution >= 0.6 is 0 Å². The molecule has 1 atom stereocenters. The maximum absolute atomic E-state index is 11.7. The minimum atomic E-state index is -0.343. The summed E-state index contributed by atoms with van der Waals surface area (Å²) in [4.78, 5) is 14.0. The van der Waals surface area contributed by atoms with Crippen molar-refractivity contribution >= 4 is 5.97 Å². The van der Waals surface area contributed by atoms with Gasteiger partial charge in [-0.05, 0) is 31.7 Å². The lowest BCUT2D eigenvalue weighted by Crippen LogP contribution is -2.26. The summed E-state index contributed by atoms with van der Waals surface area (Å²) in [6.45, 7) is 3.41. The molecule has 0 aliphatic carbocycles. The molecule has 0 bridgehead atoms. The molecule has 1 aliphatic rings. The number of ether oxygens (including phenoxy) is 2. The van der Waals surface area contributed by atoms with Crippen LogP contribution in [-0.2, 0) is 11.3 Å². The third kappa shape index (κ3) is 3.22. The highest BCUT2D eigenvalue weighted by molar-refractivity contribution is 5.89. The SMILES string of the molecule is COC(=O)c1ccc2c(c1)OC[C@H](c1ccc(C)cc1)N(C)C2. The van der Waals surface area contributed by atoms with Gasteiger partial charge >= 0.3 is 5.97 Å². The van der Waals surface area contributed by atoms with Crippen molar-refractivity contribution in [3.05, 3.63) is 64.7 Å². The van der Waals surface area contributed by atoms with E-state index in [0.717, 1.165) is 17.9 Å². The Labute approximate surface area is 136 Å². The van der Waals surface area contributed by atoms with Crippen LogP contribution in [0, 0.1) is 6.92 Å². The molecule has 0 amide bonds. The molecule has 0 saturated carbocycles. The Morgan fingerprint density at radius 1 is 1.22 bits per heavy atom. The molecule has 0 saturated heterocycles. The van der Waals surface area contributed by atoms with Crippen molar-refractivity contribution < 1.29 is 14.3 Å². The molecule has 3 rings (SSSR count). The van der Waals surface area contributed by atoms with Crippen molar-refractivity contribution in [3.8, 4) is 5.75 Å². The first-order valence-corrected chi connectivity index (χ1v) is 7.69. The Balaban J connectivity index is 1.86. The van der Waals surface area contributed by atoms with E-state index >= 15 is 0 Å². The largest absolute Gasteiger partial charge is 0.491 e. The van der Waals surface area contributed by atoms with Crippen molar-refractivity contribution in [1.82, 2.24) is 4.90 Å². The molecular weight excluding hydrogens is 290 g/mol. The predicted molar refractivity (Wildman–Crippen MR) is 88.7 cm³/mol. The Morgan fingerprint density at radius 3 is 2.65 bits per heavy atom. The van der Waals surface area contributed by atoms with E-state index in [1.807, 2.05) is 6.07 Å². The van der Waals surface area contributed by atoms with Crippen LogP contribution < -0.4 is 4.74 Å². The fourth-order valence-corrected chi connectivity index (χ4v) is 2.88. The number of hydrogen-bond donors (Lipinski definition) is 0. The van der Waals surface area contributed by atoms with E-state index in [4.69, 9.17) is 9.47 Å². The second-order valence-corrected chi connectivity index (χ2v) is 5.97. The van der Waals surface area contributed by atoms with Gasteiger partial charge in [-0.25, -0.2) is 4.79 Å². The monoisotopic (exact) mass is 311 g/mol. The van der Waals surface area contributed by atoms with Crippen LogP contribution in [0.3, 0.4) is 0 Å². The molecule has 23 heavy (non-hydrogen) atoms. The summed E-state index contributed by atoms with van der Waals surface area (Å²) in [5.41, 5.74) is 4.08. The molecule has 0 fully saturated rings. The third-order valence-electron chi connectivity index (χ3n) is 4.30. The number of rotatable bonds is 2. The van der Waals surface area contributed by atoms with Gasteiger partial charge in [-0.1, -0.05) is 35.9 Å². The first-order valence-electron chi connectivity index (χ1n) is 7.69. The number of carbonyl (C=O) groups is 1. The zero-order valence-corrected chi connectivity index (χ0v) is 13.7. The van der Waals surface area contributed by atoms with Gasteiger partial charge in [0.1, 0.15) is 12.4 Å². The van der Waals surface area contributed by atoms with Crippen molar-refractivity contribution in [2.24, 2.45) is 0 Å². The third-order valence-corrected chi connectivity index (χ3v) is 4.30. The molecule has 2 aromatic carbocycles. The van der Waals surface area contributed by atoms with Crippen molar-refractivity contribution in [2.45, 2.75) is 19.5 Å². The van der Waals surface area contributed by atoms with E-state index in [2.05, 4.69) is 43.1 Å². The average molecular weight is 311 g/mol. The normalized spacial score (nSPS) is 17.8. The molecule has 2 aromatic rings. The van der Waals surface area contributed by atoms with Gasteiger partial charge in [0.2, 0.25) is 0 Å². The number of fused-ring (bicyclic) bond motifs is 1. The van der Waals surface area contributed by atoms with Gasteiger partial charge in [0, 0.05) is 12.1 Å². The number of benzene rings is 2. The number of carbonyl (C=O) groups excluding carboxylic acids is 1. The summed E-state index contributed by atoms with van der Waals surface area (Å²) in [7, 11) is 3.48. The summed E-state index contributed by atoms with van der Waals surface area (Å²) in [6, 6.07) is 14.2. The van der Waals surface area contributed by atoms with Gasteiger partial charge in [-0.15, -0.1) is 0 Å². The number of methoxy groups -OCH3 is 1. The summed E-state index contributed by atoms with van der Waals surface area (Å²) < 4.78 is 10.8. The van der Waals surface area contributed by atoms with E-state index in [1.165, 1.54) is 18.2 Å². The highest BCUT2D eigenvalue weighted by Gasteiger charge is 2.24. The molecule has 0 unspecified atom stereocenters. The van der Waals surface area contributed by atoms with Crippen LogP contribution in [0.15, 0.2) is 42.5 Å². The van der Waals surface area contributed by atoms with E-state index < -0.39 is 0 Å². The second-order valence-electron chi connectivity index (χ2n) is 5.97. The molecule has 1 heterocycles. The van der Waals surface area contributed by atoms with Gasteiger partial charge in [0.15, 0.2) is 0 Å². The van der Waals surface area contributed by atoms with Crippen molar-refractivity contribution in [3.63, 3.8) is 0 Å². The number of aryl methyl sites for hydroxylation is 1.